The van der Waals surface area contributed by atoms with Gasteiger partial charge in [0.25, 0.3) is 0 Å². The molecule has 1 aromatic carbocycles. The Balaban J connectivity index is 2.52. The molecule has 0 fully saturated rings. The van der Waals surface area contributed by atoms with Gasteiger partial charge in [0.15, 0.2) is 5.13 Å². The van der Waals surface area contributed by atoms with E-state index in [1.165, 1.54) is 17.4 Å². The van der Waals surface area contributed by atoms with Gasteiger partial charge in [-0.3, -0.25) is 0 Å². The molecule has 1 aromatic heterocycles. The average molecular weight is 273 g/mol. The minimum atomic E-state index is -0.301. The first-order valence-corrected chi connectivity index (χ1v) is 5.50. The van der Waals surface area contributed by atoms with Crippen LogP contribution in [0, 0.1) is 5.82 Å². The van der Waals surface area contributed by atoms with Crippen LogP contribution in [-0.2, 0) is 0 Å². The monoisotopic (exact) mass is 272 g/mol. The quantitative estimate of drug-likeness (QED) is 0.865. The molecule has 0 aliphatic rings. The van der Waals surface area contributed by atoms with Gasteiger partial charge in [-0.25, -0.2) is 9.37 Å². The number of thiazole rings is 1. The van der Waals surface area contributed by atoms with E-state index < -0.39 is 0 Å². The molecular weight excluding hydrogens is 267 g/mol. The number of nitrogen functional groups attached to an aromatic ring is 1. The number of rotatable bonds is 1. The van der Waals surface area contributed by atoms with Gasteiger partial charge < -0.3 is 5.73 Å². The number of nitrogens with two attached hydrogens (primary N) is 1. The van der Waals surface area contributed by atoms with Crippen molar-refractivity contribution in [1.29, 1.82) is 0 Å². The summed E-state index contributed by atoms with van der Waals surface area (Å²) < 4.78 is 14.1. The summed E-state index contributed by atoms with van der Waals surface area (Å²) in [6.45, 7) is 0. The third kappa shape index (κ3) is 1.78. The maximum absolute atomic E-state index is 13.4. The van der Waals surface area contributed by atoms with E-state index in [0.29, 0.717) is 20.9 Å². The zero-order valence-electron chi connectivity index (χ0n) is 7.00. The Morgan fingerprint density at radius 2 is 2.21 bits per heavy atom. The Bertz CT molecular complexity index is 470. The normalized spacial score (nSPS) is 10.4. The van der Waals surface area contributed by atoms with Gasteiger partial charge in [-0.2, -0.15) is 0 Å². The lowest BCUT2D eigenvalue weighted by molar-refractivity contribution is 0.630. The molecule has 2 N–H and O–H groups in total. The van der Waals surface area contributed by atoms with Crippen molar-refractivity contribution in [1.82, 2.24) is 4.98 Å². The Labute approximate surface area is 92.7 Å². The fraction of sp³-hybridized carbons (Fsp3) is 0. The number of nitrogens with zero attached hydrogens (tertiary/aromatic N) is 1. The van der Waals surface area contributed by atoms with E-state index in [1.54, 1.807) is 17.5 Å². The molecule has 0 radical (unpaired) electrons. The van der Waals surface area contributed by atoms with Gasteiger partial charge in [0.1, 0.15) is 5.82 Å². The Morgan fingerprint density at radius 1 is 1.43 bits per heavy atom. The first-order valence-electron chi connectivity index (χ1n) is 3.83. The van der Waals surface area contributed by atoms with Crippen LogP contribution in [0.1, 0.15) is 0 Å². The molecule has 0 saturated heterocycles. The minimum Gasteiger partial charge on any atom is -0.375 e. The Kier molecular flexibility index (Phi) is 2.52. The van der Waals surface area contributed by atoms with Gasteiger partial charge in [-0.15, -0.1) is 11.3 Å². The molecule has 2 aromatic rings. The van der Waals surface area contributed by atoms with Crippen molar-refractivity contribution in [3.05, 3.63) is 33.9 Å². The summed E-state index contributed by atoms with van der Waals surface area (Å²) >= 11 is 4.49. The van der Waals surface area contributed by atoms with Crippen LogP contribution in [0.15, 0.2) is 28.1 Å². The maximum Gasteiger partial charge on any atom is 0.180 e. The standard InChI is InChI=1S/C9H6BrFN2S/c10-5-1-2-6(7(11)3-5)8-4-14-9(12)13-8/h1-4H,(H2,12,13). The number of hydrogen-bond donors (Lipinski definition) is 1. The van der Waals surface area contributed by atoms with Gasteiger partial charge in [0.05, 0.1) is 5.69 Å². The second-order valence-electron chi connectivity index (χ2n) is 2.70. The van der Waals surface area contributed by atoms with Crippen LogP contribution in [0.3, 0.4) is 0 Å². The predicted molar refractivity (Wildman–Crippen MR) is 59.6 cm³/mol. The van der Waals surface area contributed by atoms with Crippen LogP contribution < -0.4 is 5.73 Å². The molecule has 0 atom stereocenters. The lowest BCUT2D eigenvalue weighted by atomic mass is 10.2. The zero-order chi connectivity index (χ0) is 10.1. The van der Waals surface area contributed by atoms with Crippen molar-refractivity contribution in [3.8, 4) is 11.3 Å². The van der Waals surface area contributed by atoms with Gasteiger partial charge >= 0.3 is 0 Å². The molecule has 72 valence electrons. The van der Waals surface area contributed by atoms with E-state index in [-0.39, 0.29) is 5.82 Å². The van der Waals surface area contributed by atoms with E-state index >= 15 is 0 Å². The molecule has 2 nitrogen and oxygen atoms in total. The van der Waals surface area contributed by atoms with Crippen LogP contribution in [0.5, 0.6) is 0 Å². The molecule has 0 spiro atoms. The molecule has 0 amide bonds. The predicted octanol–water partition coefficient (Wildman–Crippen LogP) is 3.29. The first-order chi connectivity index (χ1) is 6.66. The smallest absolute Gasteiger partial charge is 0.180 e. The highest BCUT2D eigenvalue weighted by Gasteiger charge is 2.08. The van der Waals surface area contributed by atoms with Crippen molar-refractivity contribution in [3.63, 3.8) is 0 Å². The summed E-state index contributed by atoms with van der Waals surface area (Å²) in [4.78, 5) is 4.01. The van der Waals surface area contributed by atoms with Gasteiger partial charge in [-0.1, -0.05) is 15.9 Å². The SMILES string of the molecule is Nc1nc(-c2ccc(Br)cc2F)cs1. The molecule has 0 aliphatic carbocycles. The number of anilines is 1. The van der Waals surface area contributed by atoms with Crippen LogP contribution in [0.25, 0.3) is 11.3 Å². The van der Waals surface area contributed by atoms with Gasteiger partial charge in [0, 0.05) is 15.4 Å². The fourth-order valence-electron chi connectivity index (χ4n) is 1.11. The van der Waals surface area contributed by atoms with Crippen LogP contribution in [-0.4, -0.2) is 4.98 Å². The van der Waals surface area contributed by atoms with E-state index in [2.05, 4.69) is 20.9 Å². The minimum absolute atomic E-state index is 0.301. The Hall–Kier alpha value is -0.940. The van der Waals surface area contributed by atoms with E-state index in [4.69, 9.17) is 5.73 Å². The van der Waals surface area contributed by atoms with Gasteiger partial charge in [0.2, 0.25) is 0 Å². The summed E-state index contributed by atoms with van der Waals surface area (Å²) in [7, 11) is 0. The molecule has 2 rings (SSSR count). The van der Waals surface area contributed by atoms with E-state index in [1.807, 2.05) is 0 Å². The van der Waals surface area contributed by atoms with Crippen molar-refractivity contribution in [2.45, 2.75) is 0 Å². The Morgan fingerprint density at radius 3 is 2.79 bits per heavy atom. The number of hydrogen-bond acceptors (Lipinski definition) is 3. The van der Waals surface area contributed by atoms with E-state index in [0.717, 1.165) is 0 Å². The maximum atomic E-state index is 13.4. The highest BCUT2D eigenvalue weighted by Crippen LogP contribution is 2.27. The summed E-state index contributed by atoms with van der Waals surface area (Å²) in [5.41, 5.74) is 6.53. The molecule has 1 heterocycles. The summed E-state index contributed by atoms with van der Waals surface area (Å²) in [6, 6.07) is 4.85. The van der Waals surface area contributed by atoms with Crippen molar-refractivity contribution in [2.75, 3.05) is 5.73 Å². The van der Waals surface area contributed by atoms with Crippen LogP contribution >= 0.6 is 27.3 Å². The van der Waals surface area contributed by atoms with Crippen molar-refractivity contribution < 1.29 is 4.39 Å². The highest BCUT2D eigenvalue weighted by atomic mass is 79.9. The molecule has 5 heteroatoms. The lowest BCUT2D eigenvalue weighted by Crippen LogP contribution is -1.86. The second-order valence-corrected chi connectivity index (χ2v) is 4.50. The summed E-state index contributed by atoms with van der Waals surface area (Å²) in [6.07, 6.45) is 0. The highest BCUT2D eigenvalue weighted by molar-refractivity contribution is 9.10. The zero-order valence-corrected chi connectivity index (χ0v) is 9.40. The average Bonchev–Trinajstić information content (AvgIpc) is 2.51. The number of aromatic nitrogens is 1. The third-order valence-corrected chi connectivity index (χ3v) is 2.90. The summed E-state index contributed by atoms with van der Waals surface area (Å²) in [5.74, 6) is -0.301. The summed E-state index contributed by atoms with van der Waals surface area (Å²) in [5, 5.41) is 2.18. The molecule has 0 unspecified atom stereocenters. The molecule has 0 bridgehead atoms. The largest absolute Gasteiger partial charge is 0.375 e. The molecule has 0 aliphatic heterocycles. The molecular formula is C9H6BrFN2S. The molecule has 14 heavy (non-hydrogen) atoms. The lowest BCUT2D eigenvalue weighted by Gasteiger charge is -1.99. The van der Waals surface area contributed by atoms with E-state index in [9.17, 15) is 4.39 Å². The first kappa shape index (κ1) is 9.61. The second kappa shape index (κ2) is 3.67. The third-order valence-electron chi connectivity index (χ3n) is 1.73. The van der Waals surface area contributed by atoms with Crippen LogP contribution in [0.2, 0.25) is 0 Å². The fourth-order valence-corrected chi connectivity index (χ4v) is 2.00. The van der Waals surface area contributed by atoms with Crippen molar-refractivity contribution >= 4 is 32.4 Å². The molecule has 0 saturated carbocycles. The van der Waals surface area contributed by atoms with Crippen LogP contribution in [0.4, 0.5) is 9.52 Å². The topological polar surface area (TPSA) is 38.9 Å². The number of benzene rings is 1. The van der Waals surface area contributed by atoms with Gasteiger partial charge in [-0.05, 0) is 18.2 Å². The van der Waals surface area contributed by atoms with Crippen molar-refractivity contribution in [2.24, 2.45) is 0 Å². The number of halogens is 2.